The van der Waals surface area contributed by atoms with E-state index in [2.05, 4.69) is 10.0 Å². The molecule has 0 unspecified atom stereocenters. The van der Waals surface area contributed by atoms with Crippen LogP contribution in [0, 0.1) is 0 Å². The van der Waals surface area contributed by atoms with Crippen LogP contribution in [0.2, 0.25) is 0 Å². The highest BCUT2D eigenvalue weighted by Gasteiger charge is 2.46. The van der Waals surface area contributed by atoms with E-state index >= 15 is 0 Å². The summed E-state index contributed by atoms with van der Waals surface area (Å²) >= 11 is 0. The van der Waals surface area contributed by atoms with Gasteiger partial charge in [0.05, 0.1) is 12.6 Å². The van der Waals surface area contributed by atoms with Crippen molar-refractivity contribution in [2.45, 2.75) is 30.7 Å². The number of hydrogen-bond donors (Lipinski definition) is 2. The van der Waals surface area contributed by atoms with Crippen molar-refractivity contribution in [2.75, 3.05) is 27.4 Å². The zero-order chi connectivity index (χ0) is 15.1. The summed E-state index contributed by atoms with van der Waals surface area (Å²) in [6, 6.07) is 0. The number of methoxy groups -OCH3 is 2. The molecule has 1 rings (SSSR count). The summed E-state index contributed by atoms with van der Waals surface area (Å²) in [6.45, 7) is -0.667. The van der Waals surface area contributed by atoms with Gasteiger partial charge in [-0.05, 0) is 5.53 Å². The maximum atomic E-state index is 10.5. The lowest BCUT2D eigenvalue weighted by Gasteiger charge is -2.42. The van der Waals surface area contributed by atoms with Gasteiger partial charge < -0.3 is 29.2 Å². The molecular formula is C10H17N3O7. The van der Waals surface area contributed by atoms with E-state index in [9.17, 15) is 9.90 Å². The van der Waals surface area contributed by atoms with Gasteiger partial charge in [0.15, 0.2) is 6.29 Å². The van der Waals surface area contributed by atoms with E-state index in [1.165, 1.54) is 14.2 Å². The number of nitrogens with zero attached hydrogens (tertiary/aromatic N) is 3. The minimum atomic E-state index is -1.18. The third-order valence-electron chi connectivity index (χ3n) is 2.85. The molecule has 0 spiro atoms. The van der Waals surface area contributed by atoms with Crippen LogP contribution in [0.3, 0.4) is 0 Å². The van der Waals surface area contributed by atoms with Gasteiger partial charge in [0.1, 0.15) is 24.9 Å². The topological polar surface area (TPSA) is 143 Å². The first-order valence-electron chi connectivity index (χ1n) is 5.78. The molecule has 0 amide bonds. The Hall–Kier alpha value is -1.42. The molecule has 1 saturated heterocycles. The number of ether oxygens (including phenoxy) is 4. The van der Waals surface area contributed by atoms with Crippen molar-refractivity contribution in [2.24, 2.45) is 5.11 Å². The van der Waals surface area contributed by atoms with E-state index in [-0.39, 0.29) is 6.54 Å². The highest BCUT2D eigenvalue weighted by Crippen LogP contribution is 2.26. The Balaban J connectivity index is 2.81. The molecule has 0 aromatic rings. The van der Waals surface area contributed by atoms with Crippen molar-refractivity contribution in [1.29, 1.82) is 0 Å². The van der Waals surface area contributed by atoms with Crippen molar-refractivity contribution in [3.63, 3.8) is 0 Å². The van der Waals surface area contributed by atoms with E-state index in [1.54, 1.807) is 0 Å². The molecule has 20 heavy (non-hydrogen) atoms. The van der Waals surface area contributed by atoms with Crippen molar-refractivity contribution in [1.82, 2.24) is 0 Å². The average Bonchev–Trinajstić information content (AvgIpc) is 2.43. The highest BCUT2D eigenvalue weighted by atomic mass is 16.7. The molecule has 0 bridgehead atoms. The minimum Gasteiger partial charge on any atom is -0.480 e. The molecule has 114 valence electrons. The van der Waals surface area contributed by atoms with Crippen LogP contribution in [0.5, 0.6) is 0 Å². The summed E-state index contributed by atoms with van der Waals surface area (Å²) in [6.07, 6.45) is -4.75. The Labute approximate surface area is 114 Å². The van der Waals surface area contributed by atoms with Crippen LogP contribution < -0.4 is 0 Å². The largest absolute Gasteiger partial charge is 0.480 e. The van der Waals surface area contributed by atoms with Crippen molar-refractivity contribution >= 4 is 5.97 Å². The number of rotatable bonds is 7. The average molecular weight is 291 g/mol. The van der Waals surface area contributed by atoms with Crippen LogP contribution in [0.4, 0.5) is 0 Å². The van der Waals surface area contributed by atoms with Gasteiger partial charge in [-0.1, -0.05) is 5.11 Å². The number of carboxylic acid groups (broad SMARTS) is 1. The number of carboxylic acids is 1. The normalized spacial score (nSPS) is 33.5. The van der Waals surface area contributed by atoms with Gasteiger partial charge in [-0.2, -0.15) is 0 Å². The van der Waals surface area contributed by atoms with Gasteiger partial charge >= 0.3 is 5.97 Å². The summed E-state index contributed by atoms with van der Waals surface area (Å²) in [7, 11) is 2.67. The lowest BCUT2D eigenvalue weighted by molar-refractivity contribution is -0.299. The molecule has 1 fully saturated rings. The molecule has 1 heterocycles. The molecule has 10 nitrogen and oxygen atoms in total. The Kier molecular flexibility index (Phi) is 6.65. The maximum absolute atomic E-state index is 10.5. The fraction of sp³-hybridized carbons (Fsp3) is 0.900. The summed E-state index contributed by atoms with van der Waals surface area (Å²) in [5.74, 6) is -1.18. The second-order valence-electron chi connectivity index (χ2n) is 4.05. The van der Waals surface area contributed by atoms with Crippen molar-refractivity contribution in [3.05, 3.63) is 10.4 Å². The fourth-order valence-corrected chi connectivity index (χ4v) is 1.98. The maximum Gasteiger partial charge on any atom is 0.329 e. The number of aliphatic hydroxyl groups excluding tert-OH is 1. The second kappa shape index (κ2) is 8.00. The quantitative estimate of drug-likeness (QED) is 0.366. The molecule has 1 aliphatic rings. The minimum absolute atomic E-state index is 0.0580. The third-order valence-corrected chi connectivity index (χ3v) is 2.85. The summed E-state index contributed by atoms with van der Waals surface area (Å²) in [5, 5.41) is 22.2. The van der Waals surface area contributed by atoms with E-state index in [0.29, 0.717) is 0 Å². The summed E-state index contributed by atoms with van der Waals surface area (Å²) in [4.78, 5) is 13.1. The van der Waals surface area contributed by atoms with Crippen LogP contribution in [0.25, 0.3) is 10.4 Å². The molecule has 2 N–H and O–H groups in total. The molecule has 1 aliphatic heterocycles. The number of aliphatic carboxylic acids is 1. The van der Waals surface area contributed by atoms with Crippen molar-refractivity contribution in [3.8, 4) is 0 Å². The van der Waals surface area contributed by atoms with Crippen LogP contribution in [0.1, 0.15) is 0 Å². The molecule has 0 aromatic carbocycles. The molecule has 0 radical (unpaired) electrons. The smallest absolute Gasteiger partial charge is 0.329 e. The predicted molar refractivity (Wildman–Crippen MR) is 63.9 cm³/mol. The summed E-state index contributed by atoms with van der Waals surface area (Å²) < 4.78 is 20.6. The van der Waals surface area contributed by atoms with Gasteiger partial charge in [-0.3, -0.25) is 0 Å². The Morgan fingerprint density at radius 3 is 2.60 bits per heavy atom. The fourth-order valence-electron chi connectivity index (χ4n) is 1.98. The lowest BCUT2D eigenvalue weighted by atomic mass is 9.98. The van der Waals surface area contributed by atoms with Gasteiger partial charge in [-0.25, -0.2) is 4.79 Å². The first-order chi connectivity index (χ1) is 9.54. The summed E-state index contributed by atoms with van der Waals surface area (Å²) in [5.41, 5.74) is 8.32. The van der Waals surface area contributed by atoms with Gasteiger partial charge in [0.2, 0.25) is 0 Å². The lowest BCUT2D eigenvalue weighted by Crippen LogP contribution is -2.60. The molecular weight excluding hydrogens is 274 g/mol. The number of carbonyl (C=O) groups is 1. The standard InChI is InChI=1S/C10H17N3O7/c1-17-8-5(3-12-13-11)20-10(18-2)9(7(8)16)19-4-6(14)15/h5,7-10,16H,3-4H2,1-2H3,(H,14,15)/t5-,7+,8-,9-,10+/m1/s1. The Morgan fingerprint density at radius 2 is 2.10 bits per heavy atom. The Morgan fingerprint density at radius 1 is 1.40 bits per heavy atom. The second-order valence-corrected chi connectivity index (χ2v) is 4.05. The van der Waals surface area contributed by atoms with Gasteiger partial charge in [0, 0.05) is 19.1 Å². The molecule has 5 atom stereocenters. The van der Waals surface area contributed by atoms with E-state index in [1.807, 2.05) is 0 Å². The first-order valence-corrected chi connectivity index (χ1v) is 5.78. The van der Waals surface area contributed by atoms with Crippen molar-refractivity contribution < 1.29 is 34.0 Å². The number of azide groups is 1. The van der Waals surface area contributed by atoms with Crippen LogP contribution >= 0.6 is 0 Å². The van der Waals surface area contributed by atoms with E-state index in [4.69, 9.17) is 29.6 Å². The van der Waals surface area contributed by atoms with Crippen LogP contribution in [-0.2, 0) is 23.7 Å². The number of aliphatic hydroxyl groups is 1. The molecule has 0 aliphatic carbocycles. The third kappa shape index (κ3) is 4.04. The SMILES string of the molecule is CO[C@H]1O[C@H](CN=[N+]=[N-])[C@@H](OC)[C@H](O)[C@H]1OCC(=O)O. The highest BCUT2D eigenvalue weighted by molar-refractivity contribution is 5.68. The van der Waals surface area contributed by atoms with Crippen LogP contribution in [-0.4, -0.2) is 74.3 Å². The molecule has 0 saturated carbocycles. The number of hydrogen-bond acceptors (Lipinski definition) is 7. The molecule has 0 aromatic heterocycles. The Bertz CT molecular complexity index is 374. The molecule has 10 heteroatoms. The first kappa shape index (κ1) is 16.6. The zero-order valence-electron chi connectivity index (χ0n) is 11.1. The monoisotopic (exact) mass is 291 g/mol. The van der Waals surface area contributed by atoms with Crippen LogP contribution in [0.15, 0.2) is 5.11 Å². The van der Waals surface area contributed by atoms with E-state index in [0.717, 1.165) is 0 Å². The van der Waals surface area contributed by atoms with E-state index < -0.39 is 43.3 Å². The zero-order valence-corrected chi connectivity index (χ0v) is 11.1. The predicted octanol–water partition coefficient (Wildman–Crippen LogP) is -0.486. The van der Waals surface area contributed by atoms with Gasteiger partial charge in [-0.15, -0.1) is 0 Å². The van der Waals surface area contributed by atoms with Gasteiger partial charge in [0.25, 0.3) is 0 Å².